The molecule has 0 fully saturated rings. The van der Waals surface area contributed by atoms with Crippen LogP contribution in [0.4, 0.5) is 5.69 Å². The number of carbonyl (C=O) groups excluding carboxylic acids is 1. The second kappa shape index (κ2) is 8.23. The van der Waals surface area contributed by atoms with Crippen LogP contribution >= 0.6 is 0 Å². The van der Waals surface area contributed by atoms with Gasteiger partial charge in [0.15, 0.2) is 0 Å². The number of nitro groups is 1. The number of rotatable bonds is 7. The molecule has 1 aromatic heterocycles. The van der Waals surface area contributed by atoms with Crippen molar-refractivity contribution in [1.29, 1.82) is 0 Å². The van der Waals surface area contributed by atoms with Gasteiger partial charge in [-0.1, -0.05) is 26.0 Å². The number of ether oxygens (including phenoxy) is 1. The van der Waals surface area contributed by atoms with E-state index in [1.807, 2.05) is 0 Å². The summed E-state index contributed by atoms with van der Waals surface area (Å²) < 4.78 is 32.0. The molecule has 1 N–H and O–H groups in total. The number of pyridine rings is 1. The zero-order valence-electron chi connectivity index (χ0n) is 14.9. The molecule has 1 atom stereocenters. The van der Waals surface area contributed by atoms with E-state index in [1.54, 1.807) is 13.8 Å². The molecule has 0 unspecified atom stereocenters. The molecule has 1 aromatic carbocycles. The van der Waals surface area contributed by atoms with E-state index in [9.17, 15) is 23.3 Å². The van der Waals surface area contributed by atoms with Crippen molar-refractivity contribution in [1.82, 2.24) is 9.71 Å². The van der Waals surface area contributed by atoms with Crippen LogP contribution in [0.2, 0.25) is 0 Å². The van der Waals surface area contributed by atoms with E-state index in [4.69, 9.17) is 0 Å². The largest absolute Gasteiger partial charge is 0.468 e. The van der Waals surface area contributed by atoms with Crippen molar-refractivity contribution in [3.05, 3.63) is 52.7 Å². The molecule has 10 heteroatoms. The fraction of sp³-hybridized carbons (Fsp3) is 0.294. The van der Waals surface area contributed by atoms with Gasteiger partial charge in [0, 0.05) is 11.6 Å². The quantitative estimate of drug-likeness (QED) is 0.433. The van der Waals surface area contributed by atoms with Crippen molar-refractivity contribution in [2.24, 2.45) is 5.92 Å². The van der Waals surface area contributed by atoms with Crippen LogP contribution < -0.4 is 4.72 Å². The topological polar surface area (TPSA) is 128 Å². The van der Waals surface area contributed by atoms with E-state index in [-0.39, 0.29) is 16.5 Å². The Hall–Kier alpha value is -2.85. The monoisotopic (exact) mass is 393 g/mol. The van der Waals surface area contributed by atoms with Crippen LogP contribution in [-0.4, -0.2) is 37.4 Å². The number of nitrogens with one attached hydrogen (secondary N) is 1. The van der Waals surface area contributed by atoms with Gasteiger partial charge in [-0.05, 0) is 24.1 Å². The minimum absolute atomic E-state index is 0.0253. The van der Waals surface area contributed by atoms with Crippen molar-refractivity contribution in [3.8, 4) is 11.3 Å². The second-order valence-corrected chi connectivity index (χ2v) is 7.76. The van der Waals surface area contributed by atoms with E-state index < -0.39 is 27.0 Å². The predicted octanol–water partition coefficient (Wildman–Crippen LogP) is 2.13. The molecular weight excluding hydrogens is 374 g/mol. The summed E-state index contributed by atoms with van der Waals surface area (Å²) in [6.45, 7) is 3.40. The maximum absolute atomic E-state index is 12.5. The SMILES string of the molecule is COC(=O)[C@@H](NS(=O)(=O)c1ccc(-c2ccc([N+](=O)[O-])cn2)cc1)C(C)C. The molecular formula is C17H19N3O6S. The Bertz CT molecular complexity index is 924. The van der Waals surface area contributed by atoms with Crippen molar-refractivity contribution in [3.63, 3.8) is 0 Å². The fourth-order valence-corrected chi connectivity index (χ4v) is 3.62. The number of aromatic nitrogens is 1. The number of carbonyl (C=O) groups is 1. The van der Waals surface area contributed by atoms with Gasteiger partial charge in [-0.15, -0.1) is 0 Å². The van der Waals surface area contributed by atoms with Crippen LogP contribution in [0.25, 0.3) is 11.3 Å². The van der Waals surface area contributed by atoms with Gasteiger partial charge < -0.3 is 4.74 Å². The highest BCUT2D eigenvalue weighted by Crippen LogP contribution is 2.22. The number of sulfonamides is 1. The molecule has 0 amide bonds. The normalized spacial score (nSPS) is 12.6. The summed E-state index contributed by atoms with van der Waals surface area (Å²) in [6, 6.07) is 7.60. The maximum Gasteiger partial charge on any atom is 0.324 e. The van der Waals surface area contributed by atoms with Crippen LogP contribution in [0.5, 0.6) is 0 Å². The highest BCUT2D eigenvalue weighted by molar-refractivity contribution is 7.89. The molecule has 9 nitrogen and oxygen atoms in total. The summed E-state index contributed by atoms with van der Waals surface area (Å²) in [5, 5.41) is 10.7. The van der Waals surface area contributed by atoms with Gasteiger partial charge in [-0.3, -0.25) is 14.9 Å². The van der Waals surface area contributed by atoms with Crippen LogP contribution in [0.1, 0.15) is 13.8 Å². The third-order valence-electron chi connectivity index (χ3n) is 3.82. The minimum Gasteiger partial charge on any atom is -0.468 e. The Kier molecular flexibility index (Phi) is 6.24. The Morgan fingerprint density at radius 3 is 2.26 bits per heavy atom. The van der Waals surface area contributed by atoms with Crippen molar-refractivity contribution in [2.45, 2.75) is 24.8 Å². The maximum atomic E-state index is 12.5. The third-order valence-corrected chi connectivity index (χ3v) is 5.28. The standard InChI is InChI=1S/C17H19N3O6S/c1-11(2)16(17(21)26-3)19-27(24,25)14-7-4-12(5-8-14)15-9-6-13(10-18-15)20(22)23/h4-11,16,19H,1-3H3/t16-/m0/s1. The van der Waals surface area contributed by atoms with Crippen LogP contribution in [-0.2, 0) is 19.6 Å². The average molecular weight is 393 g/mol. The van der Waals surface area contributed by atoms with E-state index in [0.29, 0.717) is 11.3 Å². The van der Waals surface area contributed by atoms with Crippen molar-refractivity contribution in [2.75, 3.05) is 7.11 Å². The van der Waals surface area contributed by atoms with Gasteiger partial charge in [-0.2, -0.15) is 4.72 Å². The molecule has 0 aliphatic heterocycles. The highest BCUT2D eigenvalue weighted by Gasteiger charge is 2.29. The van der Waals surface area contributed by atoms with E-state index in [0.717, 1.165) is 6.20 Å². The Labute approximate surface area is 156 Å². The number of esters is 1. The molecule has 2 aromatic rings. The van der Waals surface area contributed by atoms with Crippen LogP contribution in [0, 0.1) is 16.0 Å². The number of benzene rings is 1. The predicted molar refractivity (Wildman–Crippen MR) is 97.3 cm³/mol. The van der Waals surface area contributed by atoms with Gasteiger partial charge in [0.25, 0.3) is 5.69 Å². The molecule has 0 saturated carbocycles. The Balaban J connectivity index is 2.24. The first-order valence-corrected chi connectivity index (χ1v) is 9.45. The lowest BCUT2D eigenvalue weighted by Crippen LogP contribution is -2.44. The van der Waals surface area contributed by atoms with Gasteiger partial charge in [0.1, 0.15) is 12.2 Å². The first-order chi connectivity index (χ1) is 12.7. The lowest BCUT2D eigenvalue weighted by molar-refractivity contribution is -0.385. The first-order valence-electron chi connectivity index (χ1n) is 7.96. The summed E-state index contributed by atoms with van der Waals surface area (Å²) in [6.07, 6.45) is 1.13. The molecule has 0 spiro atoms. The summed E-state index contributed by atoms with van der Waals surface area (Å²) in [5.74, 6) is -0.962. The van der Waals surface area contributed by atoms with Crippen LogP contribution in [0.3, 0.4) is 0 Å². The summed E-state index contributed by atoms with van der Waals surface area (Å²) in [4.78, 5) is 25.9. The Morgan fingerprint density at radius 2 is 1.81 bits per heavy atom. The van der Waals surface area contributed by atoms with Gasteiger partial charge in [0.2, 0.25) is 10.0 Å². The first kappa shape index (κ1) is 20.5. The van der Waals surface area contributed by atoms with Crippen molar-refractivity contribution < 1.29 is 22.9 Å². The van der Waals surface area contributed by atoms with Gasteiger partial charge >= 0.3 is 5.97 Å². The minimum atomic E-state index is -3.94. The highest BCUT2D eigenvalue weighted by atomic mass is 32.2. The molecule has 144 valence electrons. The van der Waals surface area contributed by atoms with E-state index in [2.05, 4.69) is 14.4 Å². The molecule has 0 aliphatic carbocycles. The van der Waals surface area contributed by atoms with Gasteiger partial charge in [-0.25, -0.2) is 13.4 Å². The zero-order valence-corrected chi connectivity index (χ0v) is 15.8. The average Bonchev–Trinajstić information content (AvgIpc) is 2.65. The summed E-state index contributed by atoms with van der Waals surface area (Å²) in [7, 11) is -2.74. The molecule has 0 saturated heterocycles. The Morgan fingerprint density at radius 1 is 1.19 bits per heavy atom. The van der Waals surface area contributed by atoms with E-state index >= 15 is 0 Å². The molecule has 0 bridgehead atoms. The third kappa shape index (κ3) is 4.86. The fourth-order valence-electron chi connectivity index (χ4n) is 2.29. The van der Waals surface area contributed by atoms with E-state index in [1.165, 1.54) is 43.5 Å². The number of methoxy groups -OCH3 is 1. The smallest absolute Gasteiger partial charge is 0.324 e. The molecule has 27 heavy (non-hydrogen) atoms. The molecule has 0 radical (unpaired) electrons. The number of hydrogen-bond acceptors (Lipinski definition) is 7. The summed E-state index contributed by atoms with van der Waals surface area (Å²) >= 11 is 0. The van der Waals surface area contributed by atoms with Crippen LogP contribution in [0.15, 0.2) is 47.5 Å². The lowest BCUT2D eigenvalue weighted by atomic mass is 10.1. The lowest BCUT2D eigenvalue weighted by Gasteiger charge is -2.19. The second-order valence-electron chi connectivity index (χ2n) is 6.05. The molecule has 1 heterocycles. The van der Waals surface area contributed by atoms with Gasteiger partial charge in [0.05, 0.1) is 22.6 Å². The number of nitrogens with zero attached hydrogens (tertiary/aromatic N) is 2. The van der Waals surface area contributed by atoms with Crippen molar-refractivity contribution >= 4 is 21.7 Å². The number of hydrogen-bond donors (Lipinski definition) is 1. The zero-order chi connectivity index (χ0) is 20.2. The summed E-state index contributed by atoms with van der Waals surface area (Å²) in [5.41, 5.74) is 0.925. The molecule has 2 rings (SSSR count). The molecule has 0 aliphatic rings.